The molecule has 1 aromatic rings. The van der Waals surface area contributed by atoms with Crippen molar-refractivity contribution >= 4 is 5.91 Å². The normalized spacial score (nSPS) is 14.3. The Morgan fingerprint density at radius 1 is 1.33 bits per heavy atom. The number of carbonyl (C=O) groups excluding carboxylic acids is 1. The van der Waals surface area contributed by atoms with E-state index >= 15 is 0 Å². The summed E-state index contributed by atoms with van der Waals surface area (Å²) in [5.74, 6) is 0.418. The van der Waals surface area contributed by atoms with E-state index in [4.69, 9.17) is 5.73 Å². The summed E-state index contributed by atoms with van der Waals surface area (Å²) < 4.78 is 0. The van der Waals surface area contributed by atoms with Gasteiger partial charge in [-0.2, -0.15) is 0 Å². The number of hydrogen-bond acceptors (Lipinski definition) is 3. The fourth-order valence-corrected chi connectivity index (χ4v) is 1.93. The van der Waals surface area contributed by atoms with Crippen molar-refractivity contribution in [2.75, 3.05) is 7.05 Å². The van der Waals surface area contributed by atoms with Gasteiger partial charge in [0.1, 0.15) is 0 Å². The molecule has 1 unspecified atom stereocenters. The zero-order valence-electron chi connectivity index (χ0n) is 11.6. The maximum atomic E-state index is 12.2. The van der Waals surface area contributed by atoms with Crippen LogP contribution in [-0.4, -0.2) is 28.9 Å². The molecule has 0 aliphatic heterocycles. The molecule has 1 aromatic heterocycles. The van der Waals surface area contributed by atoms with Crippen molar-refractivity contribution in [3.63, 3.8) is 0 Å². The molecule has 0 aromatic carbocycles. The second-order valence-corrected chi connectivity index (χ2v) is 5.14. The van der Waals surface area contributed by atoms with Crippen molar-refractivity contribution < 1.29 is 4.79 Å². The molecule has 2 atom stereocenters. The van der Waals surface area contributed by atoms with E-state index in [-0.39, 0.29) is 11.9 Å². The van der Waals surface area contributed by atoms with Crippen molar-refractivity contribution in [1.82, 2.24) is 9.88 Å². The van der Waals surface area contributed by atoms with Crippen LogP contribution < -0.4 is 5.73 Å². The molecule has 0 saturated carbocycles. The Hall–Kier alpha value is -1.42. The highest BCUT2D eigenvalue weighted by Crippen LogP contribution is 2.19. The van der Waals surface area contributed by atoms with Gasteiger partial charge in [-0.1, -0.05) is 13.8 Å². The molecular weight excluding hydrogens is 226 g/mol. The first-order chi connectivity index (χ1) is 8.43. The molecule has 1 rings (SSSR count). The van der Waals surface area contributed by atoms with Gasteiger partial charge in [0.05, 0.1) is 12.1 Å². The molecule has 2 N–H and O–H groups in total. The Morgan fingerprint density at radius 2 is 1.89 bits per heavy atom. The third kappa shape index (κ3) is 3.81. The highest BCUT2D eigenvalue weighted by molar-refractivity contribution is 5.81. The van der Waals surface area contributed by atoms with Crippen molar-refractivity contribution in [2.24, 2.45) is 11.7 Å². The number of likely N-dealkylation sites (N-methyl/N-ethyl adjacent to an activating group) is 1. The fraction of sp³-hybridized carbons (Fsp3) is 0.571. The zero-order valence-corrected chi connectivity index (χ0v) is 11.6. The first-order valence-corrected chi connectivity index (χ1v) is 6.35. The summed E-state index contributed by atoms with van der Waals surface area (Å²) in [7, 11) is 1.80. The Bertz CT molecular complexity index is 378. The van der Waals surface area contributed by atoms with Gasteiger partial charge in [0.15, 0.2) is 0 Å². The molecular formula is C14H23N3O. The number of amides is 1. The van der Waals surface area contributed by atoms with Gasteiger partial charge in [-0.05, 0) is 37.0 Å². The molecule has 0 aliphatic carbocycles. The second-order valence-electron chi connectivity index (χ2n) is 5.14. The minimum absolute atomic E-state index is 0.00647. The van der Waals surface area contributed by atoms with Gasteiger partial charge in [0, 0.05) is 19.4 Å². The number of pyridine rings is 1. The fourth-order valence-electron chi connectivity index (χ4n) is 1.93. The number of nitrogens with zero attached hydrogens (tertiary/aromatic N) is 2. The number of aromatic nitrogens is 1. The van der Waals surface area contributed by atoms with Gasteiger partial charge in [-0.25, -0.2) is 0 Å². The van der Waals surface area contributed by atoms with Crippen LogP contribution >= 0.6 is 0 Å². The van der Waals surface area contributed by atoms with Crippen LogP contribution in [0.5, 0.6) is 0 Å². The lowest BCUT2D eigenvalue weighted by molar-refractivity contribution is -0.133. The van der Waals surface area contributed by atoms with E-state index in [1.165, 1.54) is 0 Å². The second kappa shape index (κ2) is 6.50. The van der Waals surface area contributed by atoms with Crippen molar-refractivity contribution in [3.05, 3.63) is 30.1 Å². The lowest BCUT2D eigenvalue weighted by atomic mass is 10.0. The third-order valence-corrected chi connectivity index (χ3v) is 3.16. The van der Waals surface area contributed by atoms with E-state index in [9.17, 15) is 4.79 Å². The van der Waals surface area contributed by atoms with Gasteiger partial charge in [0.25, 0.3) is 0 Å². The predicted molar refractivity (Wildman–Crippen MR) is 72.9 cm³/mol. The standard InChI is InChI=1S/C14H23N3O/c1-10(2)9-13(15)14(18)17(4)11(3)12-5-7-16-8-6-12/h5-8,10-11,13H,9,15H2,1-4H3/t11?,13-/m0/s1. The van der Waals surface area contributed by atoms with Crippen LogP contribution in [0.4, 0.5) is 0 Å². The molecule has 4 nitrogen and oxygen atoms in total. The Morgan fingerprint density at radius 3 is 2.39 bits per heavy atom. The van der Waals surface area contributed by atoms with Gasteiger partial charge >= 0.3 is 0 Å². The maximum Gasteiger partial charge on any atom is 0.239 e. The van der Waals surface area contributed by atoms with E-state index < -0.39 is 6.04 Å². The van der Waals surface area contributed by atoms with Gasteiger partial charge < -0.3 is 10.6 Å². The van der Waals surface area contributed by atoms with Gasteiger partial charge in [0.2, 0.25) is 5.91 Å². The minimum Gasteiger partial charge on any atom is -0.338 e. The topological polar surface area (TPSA) is 59.2 Å². The number of carbonyl (C=O) groups is 1. The number of hydrogen-bond donors (Lipinski definition) is 1. The van der Waals surface area contributed by atoms with Crippen LogP contribution in [-0.2, 0) is 4.79 Å². The molecule has 100 valence electrons. The van der Waals surface area contributed by atoms with Crippen LogP contribution in [0, 0.1) is 5.92 Å². The number of rotatable bonds is 5. The summed E-state index contributed by atoms with van der Waals surface area (Å²) in [6.45, 7) is 6.13. The van der Waals surface area contributed by atoms with E-state index in [0.29, 0.717) is 12.3 Å². The van der Waals surface area contributed by atoms with Crippen LogP contribution in [0.1, 0.15) is 38.8 Å². The van der Waals surface area contributed by atoms with E-state index in [1.807, 2.05) is 19.1 Å². The summed E-state index contributed by atoms with van der Waals surface area (Å²) in [5.41, 5.74) is 7.00. The molecule has 0 fully saturated rings. The lowest BCUT2D eigenvalue weighted by Crippen LogP contribution is -2.43. The molecule has 0 radical (unpaired) electrons. The first kappa shape index (κ1) is 14.6. The lowest BCUT2D eigenvalue weighted by Gasteiger charge is -2.28. The van der Waals surface area contributed by atoms with Gasteiger partial charge in [-0.3, -0.25) is 9.78 Å². The van der Waals surface area contributed by atoms with E-state index in [2.05, 4.69) is 18.8 Å². The summed E-state index contributed by atoms with van der Waals surface area (Å²) in [4.78, 5) is 17.9. The van der Waals surface area contributed by atoms with Crippen LogP contribution in [0.25, 0.3) is 0 Å². The highest BCUT2D eigenvalue weighted by atomic mass is 16.2. The Kier molecular flexibility index (Phi) is 5.28. The first-order valence-electron chi connectivity index (χ1n) is 6.35. The number of nitrogens with two attached hydrogens (primary N) is 1. The molecule has 0 saturated heterocycles. The Labute approximate surface area is 109 Å². The predicted octanol–water partition coefficient (Wildman–Crippen LogP) is 1.97. The van der Waals surface area contributed by atoms with Crippen LogP contribution in [0.2, 0.25) is 0 Å². The zero-order chi connectivity index (χ0) is 13.7. The Balaban J connectivity index is 2.69. The maximum absolute atomic E-state index is 12.2. The molecule has 4 heteroatoms. The summed E-state index contributed by atoms with van der Waals surface area (Å²) in [6, 6.07) is 3.43. The van der Waals surface area contributed by atoms with Crippen molar-refractivity contribution in [2.45, 2.75) is 39.3 Å². The largest absolute Gasteiger partial charge is 0.338 e. The SMILES string of the molecule is CC(C)C[C@H](N)C(=O)N(C)C(C)c1ccncc1. The van der Waals surface area contributed by atoms with Gasteiger partial charge in [-0.15, -0.1) is 0 Å². The minimum atomic E-state index is -0.417. The molecule has 1 heterocycles. The van der Waals surface area contributed by atoms with Crippen molar-refractivity contribution in [3.8, 4) is 0 Å². The molecule has 1 amide bonds. The molecule has 0 bridgehead atoms. The monoisotopic (exact) mass is 249 g/mol. The molecule has 18 heavy (non-hydrogen) atoms. The summed E-state index contributed by atoms with van der Waals surface area (Å²) >= 11 is 0. The quantitative estimate of drug-likeness (QED) is 0.868. The average molecular weight is 249 g/mol. The van der Waals surface area contributed by atoms with Crippen LogP contribution in [0.15, 0.2) is 24.5 Å². The highest BCUT2D eigenvalue weighted by Gasteiger charge is 2.23. The summed E-state index contributed by atoms with van der Waals surface area (Å²) in [5, 5.41) is 0. The van der Waals surface area contributed by atoms with E-state index in [0.717, 1.165) is 5.56 Å². The summed E-state index contributed by atoms with van der Waals surface area (Å²) in [6.07, 6.45) is 4.18. The van der Waals surface area contributed by atoms with Crippen LogP contribution in [0.3, 0.4) is 0 Å². The molecule has 0 spiro atoms. The van der Waals surface area contributed by atoms with E-state index in [1.54, 1.807) is 24.3 Å². The molecule has 0 aliphatic rings. The average Bonchev–Trinajstić information content (AvgIpc) is 2.36. The third-order valence-electron chi connectivity index (χ3n) is 3.16. The van der Waals surface area contributed by atoms with Crippen molar-refractivity contribution in [1.29, 1.82) is 0 Å². The smallest absolute Gasteiger partial charge is 0.239 e.